The molecule has 0 aliphatic carbocycles. The minimum absolute atomic E-state index is 0.0686. The van der Waals surface area contributed by atoms with E-state index in [4.69, 9.17) is 9.47 Å². The van der Waals surface area contributed by atoms with Gasteiger partial charge in [0.05, 0.1) is 6.42 Å². The number of carbonyl (C=O) groups excluding carboxylic acids is 4. The van der Waals surface area contributed by atoms with Crippen molar-refractivity contribution in [3.05, 3.63) is 35.9 Å². The Morgan fingerprint density at radius 2 is 1.84 bits per heavy atom. The molecule has 1 heterocycles. The van der Waals surface area contributed by atoms with E-state index in [1.165, 1.54) is 0 Å². The molecule has 8 heteroatoms. The Labute approximate surface area is 145 Å². The molecule has 2 rings (SSSR count). The number of ether oxygens (including phenoxy) is 2. The van der Waals surface area contributed by atoms with Gasteiger partial charge in [-0.05, 0) is 26.3 Å². The molecule has 0 aromatic heterocycles. The molecule has 0 radical (unpaired) electrons. The predicted octanol–water partition coefficient (Wildman–Crippen LogP) is 1.98. The van der Waals surface area contributed by atoms with E-state index in [1.54, 1.807) is 45.0 Å². The van der Waals surface area contributed by atoms with E-state index in [0.29, 0.717) is 4.90 Å². The fraction of sp³-hybridized carbons (Fsp3) is 0.412. The van der Waals surface area contributed by atoms with Crippen LogP contribution in [-0.4, -0.2) is 40.5 Å². The maximum Gasteiger partial charge on any atom is 0.423 e. The van der Waals surface area contributed by atoms with Gasteiger partial charge in [0.25, 0.3) is 5.91 Å². The van der Waals surface area contributed by atoms with Crippen molar-refractivity contribution >= 4 is 24.0 Å². The first-order chi connectivity index (χ1) is 11.7. The SMILES string of the molecule is CC(C)(C)OC(=O)N[C@H]1CC(=O)N(C(=O)OCc2ccccc2)C1=O. The van der Waals surface area contributed by atoms with Gasteiger partial charge in [0.2, 0.25) is 5.91 Å². The summed E-state index contributed by atoms with van der Waals surface area (Å²) >= 11 is 0. The molecule has 25 heavy (non-hydrogen) atoms. The summed E-state index contributed by atoms with van der Waals surface area (Å²) in [7, 11) is 0. The minimum Gasteiger partial charge on any atom is -0.444 e. The lowest BCUT2D eigenvalue weighted by Gasteiger charge is -2.21. The fourth-order valence-electron chi connectivity index (χ4n) is 2.17. The fourth-order valence-corrected chi connectivity index (χ4v) is 2.17. The van der Waals surface area contributed by atoms with Crippen molar-refractivity contribution in [3.8, 4) is 0 Å². The Morgan fingerprint density at radius 1 is 1.20 bits per heavy atom. The van der Waals surface area contributed by atoms with E-state index in [0.717, 1.165) is 5.56 Å². The smallest absolute Gasteiger partial charge is 0.423 e. The van der Waals surface area contributed by atoms with Crippen LogP contribution in [0, 0.1) is 0 Å². The van der Waals surface area contributed by atoms with Crippen LogP contribution in [0.15, 0.2) is 30.3 Å². The summed E-state index contributed by atoms with van der Waals surface area (Å²) in [5, 5.41) is 2.29. The number of hydrogen-bond donors (Lipinski definition) is 1. The van der Waals surface area contributed by atoms with Gasteiger partial charge in [0.15, 0.2) is 0 Å². The maximum atomic E-state index is 12.2. The number of carbonyl (C=O) groups is 4. The van der Waals surface area contributed by atoms with Crippen LogP contribution < -0.4 is 5.32 Å². The van der Waals surface area contributed by atoms with Crippen molar-refractivity contribution in [2.24, 2.45) is 0 Å². The minimum atomic E-state index is -1.15. The van der Waals surface area contributed by atoms with Crippen molar-refractivity contribution in [2.75, 3.05) is 0 Å². The molecule has 0 spiro atoms. The highest BCUT2D eigenvalue weighted by Crippen LogP contribution is 2.16. The zero-order valence-electron chi connectivity index (χ0n) is 14.3. The number of imide groups is 3. The lowest BCUT2D eigenvalue weighted by atomic mass is 10.2. The monoisotopic (exact) mass is 348 g/mol. The van der Waals surface area contributed by atoms with Crippen LogP contribution in [0.25, 0.3) is 0 Å². The number of hydrogen-bond acceptors (Lipinski definition) is 6. The molecule has 1 atom stereocenters. The molecule has 134 valence electrons. The normalized spacial score (nSPS) is 17.4. The summed E-state index contributed by atoms with van der Waals surface area (Å²) in [5.74, 6) is -1.57. The number of nitrogens with zero attached hydrogens (tertiary/aromatic N) is 1. The van der Waals surface area contributed by atoms with Gasteiger partial charge in [-0.1, -0.05) is 30.3 Å². The second-order valence-corrected chi connectivity index (χ2v) is 6.51. The predicted molar refractivity (Wildman–Crippen MR) is 86.3 cm³/mol. The summed E-state index contributed by atoms with van der Waals surface area (Å²) in [5.41, 5.74) is -0.0253. The van der Waals surface area contributed by atoms with Crippen LogP contribution >= 0.6 is 0 Å². The quantitative estimate of drug-likeness (QED) is 0.838. The lowest BCUT2D eigenvalue weighted by Crippen LogP contribution is -2.45. The van der Waals surface area contributed by atoms with Crippen LogP contribution in [-0.2, 0) is 25.7 Å². The Morgan fingerprint density at radius 3 is 2.44 bits per heavy atom. The van der Waals surface area contributed by atoms with Gasteiger partial charge < -0.3 is 14.8 Å². The van der Waals surface area contributed by atoms with Crippen LogP contribution in [0.1, 0.15) is 32.8 Å². The largest absolute Gasteiger partial charge is 0.444 e. The van der Waals surface area contributed by atoms with E-state index >= 15 is 0 Å². The summed E-state index contributed by atoms with van der Waals surface area (Å²) in [6.45, 7) is 4.94. The van der Waals surface area contributed by atoms with Gasteiger partial charge in [0, 0.05) is 0 Å². The van der Waals surface area contributed by atoms with E-state index in [-0.39, 0.29) is 13.0 Å². The molecule has 1 aromatic rings. The van der Waals surface area contributed by atoms with Crippen molar-refractivity contribution in [1.82, 2.24) is 10.2 Å². The second kappa shape index (κ2) is 7.33. The maximum absolute atomic E-state index is 12.2. The standard InChI is InChI=1S/C17H20N2O6/c1-17(2,3)25-15(22)18-12-9-13(20)19(14(12)21)16(23)24-10-11-7-5-4-6-8-11/h4-8,12H,9-10H2,1-3H3,(H,18,22)/t12-/m0/s1. The first-order valence-corrected chi connectivity index (χ1v) is 7.74. The van der Waals surface area contributed by atoms with E-state index in [1.807, 2.05) is 6.07 Å². The average Bonchev–Trinajstić information content (AvgIpc) is 2.78. The molecular weight excluding hydrogens is 328 g/mol. The Balaban J connectivity index is 1.93. The highest BCUT2D eigenvalue weighted by molar-refractivity contribution is 6.16. The van der Waals surface area contributed by atoms with Gasteiger partial charge in [-0.15, -0.1) is 0 Å². The Bertz CT molecular complexity index is 680. The topological polar surface area (TPSA) is 102 Å². The van der Waals surface area contributed by atoms with Gasteiger partial charge in [0.1, 0.15) is 18.2 Å². The molecule has 0 saturated carbocycles. The Kier molecular flexibility index (Phi) is 5.41. The number of rotatable bonds is 3. The molecule has 1 N–H and O–H groups in total. The van der Waals surface area contributed by atoms with Gasteiger partial charge in [-0.2, -0.15) is 4.90 Å². The summed E-state index contributed by atoms with van der Waals surface area (Å²) in [6, 6.07) is 7.70. The van der Waals surface area contributed by atoms with Crippen LogP contribution in [0.4, 0.5) is 9.59 Å². The van der Waals surface area contributed by atoms with Crippen LogP contribution in [0.5, 0.6) is 0 Å². The first-order valence-electron chi connectivity index (χ1n) is 7.74. The molecule has 1 fully saturated rings. The third kappa shape index (κ3) is 5.03. The van der Waals surface area contributed by atoms with Crippen LogP contribution in [0.2, 0.25) is 0 Å². The van der Waals surface area contributed by atoms with E-state index in [9.17, 15) is 19.2 Å². The van der Waals surface area contributed by atoms with Crippen molar-refractivity contribution < 1.29 is 28.7 Å². The number of likely N-dealkylation sites (tertiary alicyclic amines) is 1. The van der Waals surface area contributed by atoms with Crippen molar-refractivity contribution in [2.45, 2.75) is 45.4 Å². The highest BCUT2D eigenvalue weighted by atomic mass is 16.6. The van der Waals surface area contributed by atoms with Gasteiger partial charge in [-0.25, -0.2) is 9.59 Å². The summed E-state index contributed by atoms with van der Waals surface area (Å²) < 4.78 is 10.0. The Hall–Kier alpha value is -2.90. The number of benzene rings is 1. The second-order valence-electron chi connectivity index (χ2n) is 6.51. The molecule has 1 aliphatic heterocycles. The molecule has 1 aromatic carbocycles. The van der Waals surface area contributed by atoms with Crippen molar-refractivity contribution in [1.29, 1.82) is 0 Å². The summed E-state index contributed by atoms with van der Waals surface area (Å²) in [4.78, 5) is 48.3. The molecular formula is C17H20N2O6. The zero-order valence-corrected chi connectivity index (χ0v) is 14.3. The molecule has 0 bridgehead atoms. The average molecular weight is 348 g/mol. The third-order valence-electron chi connectivity index (χ3n) is 3.23. The number of amides is 4. The molecule has 1 aliphatic rings. The molecule has 0 unspecified atom stereocenters. The lowest BCUT2D eigenvalue weighted by molar-refractivity contribution is -0.136. The van der Waals surface area contributed by atoms with Gasteiger partial charge >= 0.3 is 12.2 Å². The van der Waals surface area contributed by atoms with E-state index < -0.39 is 35.6 Å². The molecule has 8 nitrogen and oxygen atoms in total. The van der Waals surface area contributed by atoms with Crippen molar-refractivity contribution in [3.63, 3.8) is 0 Å². The highest BCUT2D eigenvalue weighted by Gasteiger charge is 2.44. The molecule has 1 saturated heterocycles. The molecule has 4 amide bonds. The first kappa shape index (κ1) is 18.4. The summed E-state index contributed by atoms with van der Waals surface area (Å²) in [6.07, 6.45) is -2.22. The van der Waals surface area contributed by atoms with E-state index in [2.05, 4.69) is 5.32 Å². The number of alkyl carbamates (subject to hydrolysis) is 1. The third-order valence-corrected chi connectivity index (χ3v) is 3.23. The van der Waals surface area contributed by atoms with Crippen LogP contribution in [0.3, 0.4) is 0 Å². The zero-order chi connectivity index (χ0) is 18.6. The van der Waals surface area contributed by atoms with Gasteiger partial charge in [-0.3, -0.25) is 9.59 Å². The number of nitrogens with one attached hydrogen (secondary N) is 1.